The van der Waals surface area contributed by atoms with Crippen molar-refractivity contribution in [3.8, 4) is 5.75 Å². The fraction of sp³-hybridized carbons (Fsp3) is 0.200. The molecule has 0 saturated heterocycles. The summed E-state index contributed by atoms with van der Waals surface area (Å²) in [4.78, 5) is 0. The van der Waals surface area contributed by atoms with E-state index in [2.05, 4.69) is 0 Å². The molecule has 2 heteroatoms. The Morgan fingerprint density at radius 2 is 1.76 bits per heavy atom. The van der Waals surface area contributed by atoms with Crippen molar-refractivity contribution in [2.45, 2.75) is 20.0 Å². The molecule has 0 aliphatic rings. The Morgan fingerprint density at radius 1 is 1.00 bits per heavy atom. The molecule has 2 aromatic carbocycles. The zero-order valence-electron chi connectivity index (χ0n) is 9.82. The van der Waals surface area contributed by atoms with E-state index in [4.69, 9.17) is 4.74 Å². The first-order valence-corrected chi connectivity index (χ1v) is 5.74. The van der Waals surface area contributed by atoms with Gasteiger partial charge in [0, 0.05) is 0 Å². The minimum absolute atomic E-state index is 0.291. The molecule has 0 amide bonds. The van der Waals surface area contributed by atoms with Crippen molar-refractivity contribution in [2.75, 3.05) is 0 Å². The normalized spacial score (nSPS) is 10.2. The van der Waals surface area contributed by atoms with Crippen molar-refractivity contribution in [1.29, 1.82) is 0 Å². The van der Waals surface area contributed by atoms with Crippen LogP contribution in [0.1, 0.15) is 18.1 Å². The van der Waals surface area contributed by atoms with E-state index in [0.29, 0.717) is 12.4 Å². The smallest absolute Gasteiger partial charge is 0.165 e. The van der Waals surface area contributed by atoms with Crippen molar-refractivity contribution in [3.63, 3.8) is 0 Å². The van der Waals surface area contributed by atoms with Gasteiger partial charge in [0.1, 0.15) is 6.61 Å². The first kappa shape index (κ1) is 11.6. The topological polar surface area (TPSA) is 9.23 Å². The maximum atomic E-state index is 13.6. The lowest BCUT2D eigenvalue weighted by Crippen LogP contribution is -1.97. The zero-order valence-corrected chi connectivity index (χ0v) is 9.82. The molecule has 0 atom stereocenters. The van der Waals surface area contributed by atoms with Gasteiger partial charge in [0.15, 0.2) is 11.6 Å². The van der Waals surface area contributed by atoms with E-state index in [1.165, 1.54) is 6.07 Å². The van der Waals surface area contributed by atoms with Crippen LogP contribution >= 0.6 is 0 Å². The molecule has 0 heterocycles. The van der Waals surface area contributed by atoms with Crippen LogP contribution in [0.4, 0.5) is 4.39 Å². The summed E-state index contributed by atoms with van der Waals surface area (Å²) in [5.41, 5.74) is 2.01. The summed E-state index contributed by atoms with van der Waals surface area (Å²) in [6, 6.07) is 14.8. The highest BCUT2D eigenvalue weighted by Gasteiger charge is 2.04. The third-order valence-electron chi connectivity index (χ3n) is 2.64. The molecule has 0 unspecified atom stereocenters. The van der Waals surface area contributed by atoms with Crippen LogP contribution in [-0.2, 0) is 13.0 Å². The van der Waals surface area contributed by atoms with Crippen LogP contribution in [-0.4, -0.2) is 0 Å². The quantitative estimate of drug-likeness (QED) is 0.772. The Bertz CT molecular complexity index is 480. The van der Waals surface area contributed by atoms with Gasteiger partial charge < -0.3 is 4.74 Å². The summed E-state index contributed by atoms with van der Waals surface area (Å²) in [5, 5.41) is 0. The summed E-state index contributed by atoms with van der Waals surface area (Å²) in [6.07, 6.45) is 0.829. The van der Waals surface area contributed by atoms with E-state index in [1.54, 1.807) is 6.07 Å². The number of aryl methyl sites for hydroxylation is 1. The molecule has 0 bridgehead atoms. The molecule has 0 aromatic heterocycles. The molecule has 0 saturated carbocycles. The number of hydrogen-bond acceptors (Lipinski definition) is 1. The Balaban J connectivity index is 2.04. The highest BCUT2D eigenvalue weighted by molar-refractivity contribution is 5.29. The fourth-order valence-corrected chi connectivity index (χ4v) is 1.62. The number of rotatable bonds is 4. The van der Waals surface area contributed by atoms with Crippen LogP contribution in [0.2, 0.25) is 0 Å². The van der Waals surface area contributed by atoms with Crippen LogP contribution in [0.25, 0.3) is 0 Å². The predicted octanol–water partition coefficient (Wildman–Crippen LogP) is 3.97. The number of halogens is 1. The molecule has 0 aliphatic carbocycles. The second-order valence-corrected chi connectivity index (χ2v) is 3.89. The van der Waals surface area contributed by atoms with Crippen molar-refractivity contribution >= 4 is 0 Å². The molecule has 0 N–H and O–H groups in total. The van der Waals surface area contributed by atoms with Crippen molar-refractivity contribution < 1.29 is 9.13 Å². The molecule has 0 radical (unpaired) electrons. The van der Waals surface area contributed by atoms with Gasteiger partial charge in [-0.05, 0) is 29.7 Å². The third kappa shape index (κ3) is 3.06. The molecule has 1 nitrogen and oxygen atoms in total. The van der Waals surface area contributed by atoms with Gasteiger partial charge in [-0.1, -0.05) is 43.3 Å². The molecular formula is C15H15FO. The predicted molar refractivity (Wildman–Crippen MR) is 66.6 cm³/mol. The zero-order chi connectivity index (χ0) is 12.1. The molecule has 2 aromatic rings. The van der Waals surface area contributed by atoms with Crippen LogP contribution in [0.3, 0.4) is 0 Å². The van der Waals surface area contributed by atoms with Gasteiger partial charge in [-0.3, -0.25) is 0 Å². The van der Waals surface area contributed by atoms with Gasteiger partial charge in [-0.15, -0.1) is 0 Å². The molecular weight excluding hydrogens is 215 g/mol. The lowest BCUT2D eigenvalue weighted by Gasteiger charge is -2.08. The highest BCUT2D eigenvalue weighted by Crippen LogP contribution is 2.19. The fourth-order valence-electron chi connectivity index (χ4n) is 1.62. The molecule has 0 fully saturated rings. The average molecular weight is 230 g/mol. The SMILES string of the molecule is CCc1ccc(OCc2ccccc2)c(F)c1. The standard InChI is InChI=1S/C15H15FO/c1-2-12-8-9-15(14(16)10-12)17-11-13-6-4-3-5-7-13/h3-10H,2,11H2,1H3. The molecule has 0 spiro atoms. The van der Waals surface area contributed by atoms with Gasteiger partial charge in [0.25, 0.3) is 0 Å². The van der Waals surface area contributed by atoms with E-state index in [9.17, 15) is 4.39 Å². The van der Waals surface area contributed by atoms with Gasteiger partial charge in [0.05, 0.1) is 0 Å². The Kier molecular flexibility index (Phi) is 3.76. The molecule has 0 aliphatic heterocycles. The monoisotopic (exact) mass is 230 g/mol. The minimum atomic E-state index is -0.291. The summed E-state index contributed by atoms with van der Waals surface area (Å²) in [6.45, 7) is 2.39. The molecule has 2 rings (SSSR count). The summed E-state index contributed by atoms with van der Waals surface area (Å²) < 4.78 is 19.1. The van der Waals surface area contributed by atoms with Crippen LogP contribution in [0, 0.1) is 5.82 Å². The maximum Gasteiger partial charge on any atom is 0.165 e. The molecule has 88 valence electrons. The lowest BCUT2D eigenvalue weighted by molar-refractivity contribution is 0.290. The second-order valence-electron chi connectivity index (χ2n) is 3.89. The van der Waals surface area contributed by atoms with Crippen LogP contribution < -0.4 is 4.74 Å². The number of ether oxygens (including phenoxy) is 1. The number of benzene rings is 2. The third-order valence-corrected chi connectivity index (χ3v) is 2.64. The lowest BCUT2D eigenvalue weighted by atomic mass is 10.1. The van der Waals surface area contributed by atoms with E-state index in [0.717, 1.165) is 17.5 Å². The molecule has 17 heavy (non-hydrogen) atoms. The van der Waals surface area contributed by atoms with Crippen LogP contribution in [0.15, 0.2) is 48.5 Å². The average Bonchev–Trinajstić information content (AvgIpc) is 2.38. The Hall–Kier alpha value is -1.83. The maximum absolute atomic E-state index is 13.6. The highest BCUT2D eigenvalue weighted by atomic mass is 19.1. The number of hydrogen-bond donors (Lipinski definition) is 0. The van der Waals surface area contributed by atoms with Crippen molar-refractivity contribution in [1.82, 2.24) is 0 Å². The van der Waals surface area contributed by atoms with E-state index >= 15 is 0 Å². The van der Waals surface area contributed by atoms with Gasteiger partial charge in [-0.2, -0.15) is 0 Å². The van der Waals surface area contributed by atoms with Gasteiger partial charge in [0.2, 0.25) is 0 Å². The summed E-state index contributed by atoms with van der Waals surface area (Å²) >= 11 is 0. The first-order chi connectivity index (χ1) is 8.29. The largest absolute Gasteiger partial charge is 0.486 e. The Labute approximate surface area is 101 Å². The van der Waals surface area contributed by atoms with Gasteiger partial charge in [-0.25, -0.2) is 4.39 Å². The van der Waals surface area contributed by atoms with Gasteiger partial charge >= 0.3 is 0 Å². The Morgan fingerprint density at radius 3 is 2.41 bits per heavy atom. The van der Waals surface area contributed by atoms with E-state index in [1.807, 2.05) is 43.3 Å². The summed E-state index contributed by atoms with van der Waals surface area (Å²) in [7, 11) is 0. The minimum Gasteiger partial charge on any atom is -0.486 e. The first-order valence-electron chi connectivity index (χ1n) is 5.74. The van der Waals surface area contributed by atoms with Crippen LogP contribution in [0.5, 0.6) is 5.75 Å². The van der Waals surface area contributed by atoms with Crippen molar-refractivity contribution in [2.24, 2.45) is 0 Å². The second kappa shape index (κ2) is 5.48. The van der Waals surface area contributed by atoms with E-state index < -0.39 is 0 Å². The van der Waals surface area contributed by atoms with Crippen molar-refractivity contribution in [3.05, 3.63) is 65.5 Å². The van der Waals surface area contributed by atoms with E-state index in [-0.39, 0.29) is 5.82 Å². The summed E-state index contributed by atoms with van der Waals surface area (Å²) in [5.74, 6) is 0.0198.